The van der Waals surface area contributed by atoms with Crippen LogP contribution in [-0.2, 0) is 39.8 Å². The molecule has 2 rings (SSSR count). The number of nitrogens with zero attached hydrogens (tertiary/aromatic N) is 1. The molecule has 1 aromatic rings. The number of hydrogen-bond acceptors (Lipinski definition) is 7. The smallest absolute Gasteiger partial charge is 0.304 e. The minimum Gasteiger partial charge on any atom is -0.452 e. The monoisotopic (exact) mass is 363 g/mol. The van der Waals surface area contributed by atoms with Gasteiger partial charge in [0.1, 0.15) is 0 Å². The fraction of sp³-hybridized carbons (Fsp3) is 0.444. The Morgan fingerprint density at radius 2 is 1.50 bits per heavy atom. The molecule has 3 atom stereocenters. The first-order valence-electron chi connectivity index (χ1n) is 8.15. The maximum atomic E-state index is 12.7. The first-order valence-corrected chi connectivity index (χ1v) is 8.15. The van der Waals surface area contributed by atoms with Gasteiger partial charge in [0, 0.05) is 27.3 Å². The van der Waals surface area contributed by atoms with Crippen molar-refractivity contribution in [1.82, 2.24) is 4.90 Å². The molecule has 140 valence electrons. The van der Waals surface area contributed by atoms with Gasteiger partial charge in [0.05, 0.1) is 0 Å². The van der Waals surface area contributed by atoms with E-state index >= 15 is 0 Å². The van der Waals surface area contributed by atoms with E-state index in [1.165, 1.54) is 11.8 Å². The second kappa shape index (κ2) is 8.46. The fourth-order valence-electron chi connectivity index (χ4n) is 2.80. The Hall–Kier alpha value is -2.90. The van der Waals surface area contributed by atoms with Crippen molar-refractivity contribution in [2.24, 2.45) is 0 Å². The molecule has 1 aliphatic rings. The number of hydrogen-bond donors (Lipinski definition) is 0. The molecule has 1 heterocycles. The highest BCUT2D eigenvalue weighted by atomic mass is 16.6. The molecule has 1 saturated heterocycles. The number of benzene rings is 1. The predicted molar refractivity (Wildman–Crippen MR) is 88.5 cm³/mol. The molecule has 1 amide bonds. The van der Waals surface area contributed by atoms with Crippen LogP contribution in [0.1, 0.15) is 26.3 Å². The lowest BCUT2D eigenvalue weighted by molar-refractivity contribution is -0.180. The molecule has 0 bridgehead atoms. The zero-order chi connectivity index (χ0) is 19.3. The summed E-state index contributed by atoms with van der Waals surface area (Å²) in [6.07, 6.45) is -3.23. The van der Waals surface area contributed by atoms with Gasteiger partial charge >= 0.3 is 17.9 Å². The van der Waals surface area contributed by atoms with E-state index in [9.17, 15) is 19.2 Å². The van der Waals surface area contributed by atoms with Crippen molar-refractivity contribution in [2.75, 3.05) is 6.54 Å². The van der Waals surface area contributed by atoms with Gasteiger partial charge in [0.15, 0.2) is 0 Å². The van der Waals surface area contributed by atoms with Gasteiger partial charge in [-0.05, 0) is 12.0 Å². The lowest BCUT2D eigenvalue weighted by Gasteiger charge is -2.26. The van der Waals surface area contributed by atoms with E-state index < -0.39 is 42.3 Å². The Bertz CT molecular complexity index is 688. The minimum absolute atomic E-state index is 0.205. The van der Waals surface area contributed by atoms with Crippen LogP contribution in [-0.4, -0.2) is 53.7 Å². The van der Waals surface area contributed by atoms with E-state index in [2.05, 4.69) is 0 Å². The molecule has 0 spiro atoms. The Morgan fingerprint density at radius 1 is 0.923 bits per heavy atom. The lowest BCUT2D eigenvalue weighted by Crippen LogP contribution is -2.43. The number of likely N-dealkylation sites (tertiary alicyclic amines) is 1. The summed E-state index contributed by atoms with van der Waals surface area (Å²) in [6.45, 7) is 3.69. The number of esters is 3. The van der Waals surface area contributed by atoms with Crippen LogP contribution in [0.15, 0.2) is 30.3 Å². The maximum Gasteiger partial charge on any atom is 0.304 e. The molecule has 1 aliphatic heterocycles. The van der Waals surface area contributed by atoms with Gasteiger partial charge in [-0.25, -0.2) is 0 Å². The van der Waals surface area contributed by atoms with E-state index in [1.54, 1.807) is 0 Å². The van der Waals surface area contributed by atoms with Crippen molar-refractivity contribution in [2.45, 2.75) is 45.6 Å². The van der Waals surface area contributed by atoms with Crippen LogP contribution in [0.4, 0.5) is 0 Å². The minimum atomic E-state index is -1.35. The molecule has 1 fully saturated rings. The quantitative estimate of drug-likeness (QED) is 0.545. The molecule has 0 N–H and O–H groups in total. The molecule has 1 aromatic carbocycles. The van der Waals surface area contributed by atoms with Crippen molar-refractivity contribution in [3.8, 4) is 0 Å². The van der Waals surface area contributed by atoms with Crippen LogP contribution in [0.2, 0.25) is 0 Å². The van der Waals surface area contributed by atoms with Gasteiger partial charge in [0.25, 0.3) is 5.91 Å². The van der Waals surface area contributed by atoms with E-state index in [4.69, 9.17) is 14.2 Å². The average molecular weight is 363 g/mol. The standard InChI is InChI=1S/C18H21NO7/c1-11(20)24-15-16(25-12(2)21)18(26-13(3)22)19(17(15)23)10-9-14-7-5-4-6-8-14/h4-8,15-16,18H,9-10H2,1-3H3/t15-,16-,18?/m1/s1. The Morgan fingerprint density at radius 3 is 2.04 bits per heavy atom. The third-order valence-electron chi connectivity index (χ3n) is 3.78. The van der Waals surface area contributed by atoms with Gasteiger partial charge in [-0.2, -0.15) is 0 Å². The van der Waals surface area contributed by atoms with Gasteiger partial charge in [-0.15, -0.1) is 0 Å². The molecule has 8 heteroatoms. The maximum absolute atomic E-state index is 12.7. The zero-order valence-corrected chi connectivity index (χ0v) is 14.8. The predicted octanol–water partition coefficient (Wildman–Crippen LogP) is 0.824. The summed E-state index contributed by atoms with van der Waals surface area (Å²) in [5.41, 5.74) is 0.974. The highest BCUT2D eigenvalue weighted by Crippen LogP contribution is 2.27. The molecule has 0 aliphatic carbocycles. The van der Waals surface area contributed by atoms with E-state index in [1.807, 2.05) is 30.3 Å². The summed E-state index contributed by atoms with van der Waals surface area (Å²) in [4.78, 5) is 48.2. The topological polar surface area (TPSA) is 99.2 Å². The van der Waals surface area contributed by atoms with Crippen LogP contribution in [0.25, 0.3) is 0 Å². The van der Waals surface area contributed by atoms with Crippen molar-refractivity contribution in [3.05, 3.63) is 35.9 Å². The van der Waals surface area contributed by atoms with Crippen molar-refractivity contribution < 1.29 is 33.4 Å². The summed E-state index contributed by atoms with van der Waals surface area (Å²) >= 11 is 0. The third kappa shape index (κ3) is 4.81. The number of carbonyl (C=O) groups is 4. The Labute approximate surface area is 151 Å². The van der Waals surface area contributed by atoms with Crippen LogP contribution in [0, 0.1) is 0 Å². The Balaban J connectivity index is 2.26. The molecule has 0 saturated carbocycles. The van der Waals surface area contributed by atoms with Crippen molar-refractivity contribution >= 4 is 23.8 Å². The van der Waals surface area contributed by atoms with Crippen LogP contribution in [0.5, 0.6) is 0 Å². The van der Waals surface area contributed by atoms with Gasteiger partial charge in [-0.1, -0.05) is 30.3 Å². The Kier molecular flexibility index (Phi) is 6.32. The number of amides is 1. The first-order chi connectivity index (χ1) is 12.3. The first kappa shape index (κ1) is 19.4. The van der Waals surface area contributed by atoms with Crippen LogP contribution in [0.3, 0.4) is 0 Å². The largest absolute Gasteiger partial charge is 0.452 e. The molecule has 0 aromatic heterocycles. The number of ether oxygens (including phenoxy) is 3. The number of carbonyl (C=O) groups excluding carboxylic acids is 4. The van der Waals surface area contributed by atoms with Crippen LogP contribution < -0.4 is 0 Å². The highest BCUT2D eigenvalue weighted by molar-refractivity contribution is 5.87. The van der Waals surface area contributed by atoms with Gasteiger partial charge < -0.3 is 19.1 Å². The summed E-state index contributed by atoms with van der Waals surface area (Å²) < 4.78 is 15.4. The lowest BCUT2D eigenvalue weighted by atomic mass is 10.1. The highest BCUT2D eigenvalue weighted by Gasteiger charge is 2.54. The summed E-state index contributed by atoms with van der Waals surface area (Å²) in [5.74, 6) is -2.60. The van der Waals surface area contributed by atoms with Crippen molar-refractivity contribution in [3.63, 3.8) is 0 Å². The molecule has 0 radical (unpaired) electrons. The molecule has 26 heavy (non-hydrogen) atoms. The average Bonchev–Trinajstić information content (AvgIpc) is 2.77. The SMILES string of the molecule is CC(=O)OC1[C@H](OC(C)=O)[C@@H](OC(C)=O)C(=O)N1CCc1ccccc1. The summed E-state index contributed by atoms with van der Waals surface area (Å²) in [5, 5.41) is 0. The van der Waals surface area contributed by atoms with E-state index in [0.717, 1.165) is 19.4 Å². The normalized spacial score (nSPS) is 22.0. The second-order valence-electron chi connectivity index (χ2n) is 5.87. The number of rotatable bonds is 6. The molecular formula is C18H21NO7. The summed E-state index contributed by atoms with van der Waals surface area (Å²) in [6, 6.07) is 9.41. The molecular weight excluding hydrogens is 342 g/mol. The zero-order valence-electron chi connectivity index (χ0n) is 14.8. The van der Waals surface area contributed by atoms with E-state index in [0.29, 0.717) is 6.42 Å². The second-order valence-corrected chi connectivity index (χ2v) is 5.87. The fourth-order valence-corrected chi connectivity index (χ4v) is 2.80. The van der Waals surface area contributed by atoms with Gasteiger partial charge in [-0.3, -0.25) is 19.2 Å². The third-order valence-corrected chi connectivity index (χ3v) is 3.78. The molecule has 8 nitrogen and oxygen atoms in total. The summed E-state index contributed by atoms with van der Waals surface area (Å²) in [7, 11) is 0. The van der Waals surface area contributed by atoms with Crippen molar-refractivity contribution in [1.29, 1.82) is 0 Å². The van der Waals surface area contributed by atoms with Gasteiger partial charge in [0.2, 0.25) is 18.4 Å². The van der Waals surface area contributed by atoms with Crippen LogP contribution >= 0.6 is 0 Å². The van der Waals surface area contributed by atoms with E-state index in [-0.39, 0.29) is 6.54 Å². The molecule has 1 unspecified atom stereocenters.